The first kappa shape index (κ1) is 86.7. The molecule has 30 nitrogen and oxygen atoms in total. The van der Waals surface area contributed by atoms with Crippen molar-refractivity contribution in [1.82, 2.24) is 0 Å². The largest absolute Gasteiger partial charge is 3.00 e. The van der Waals surface area contributed by atoms with Crippen molar-refractivity contribution in [3.63, 3.8) is 0 Å². The van der Waals surface area contributed by atoms with Crippen LogP contribution in [0.15, 0.2) is 183 Å². The number of carboxylic acid groups (broad SMARTS) is 8. The molecule has 0 aliphatic rings. The topological polar surface area (TPSA) is 621 Å². The Labute approximate surface area is 508 Å². The van der Waals surface area contributed by atoms with E-state index in [2.05, 4.69) is 35.3 Å². The van der Waals surface area contributed by atoms with Gasteiger partial charge in [0.15, 0.2) is 0 Å². The van der Waals surface area contributed by atoms with Gasteiger partial charge < -0.3 is 147 Å². The summed E-state index contributed by atoms with van der Waals surface area (Å²) in [5.74, 6) is -11.3. The zero-order valence-corrected chi connectivity index (χ0v) is 45.1. The molecule has 0 aromatic carbocycles. The van der Waals surface area contributed by atoms with Crippen LogP contribution in [-0.4, -0.2) is 108 Å². The van der Waals surface area contributed by atoms with E-state index in [1.165, 1.54) is 147 Å². The van der Waals surface area contributed by atoms with Crippen LogP contribution in [0.4, 0.5) is 0 Å². The summed E-state index contributed by atoms with van der Waals surface area (Å²) in [5.41, 5.74) is 0. The Hall–Kier alpha value is -6.10. The molecule has 0 unspecified atom stereocenters. The molecule has 0 atom stereocenters. The van der Waals surface area contributed by atoms with Gasteiger partial charge in [-0.25, -0.2) is 0 Å². The summed E-state index contributed by atoms with van der Waals surface area (Å²) in [6, 6.07) is 22.6. The minimum atomic E-state index is -1.28. The van der Waals surface area contributed by atoms with Crippen LogP contribution in [0, 0.1) is 77.2 Å². The third-order valence-corrected chi connectivity index (χ3v) is 5.78. The van der Waals surface area contributed by atoms with Crippen LogP contribution in [0.3, 0.4) is 0 Å². The summed E-state index contributed by atoms with van der Waals surface area (Å²) >= 11 is 0. The number of carbonyl (C=O) groups excluding carboxylic acids is 8. The van der Waals surface area contributed by atoms with Gasteiger partial charge in [-0.3, -0.25) is 0 Å². The summed E-state index contributed by atoms with van der Waals surface area (Å²) in [6.07, 6.45) is 10.3. The molecular weight excluding hydrogens is 1420 g/mol. The van der Waals surface area contributed by atoms with Crippen molar-refractivity contribution in [2.75, 3.05) is 0 Å². The van der Waals surface area contributed by atoms with Crippen LogP contribution >= 0.6 is 0 Å². The van der Waals surface area contributed by atoms with Crippen LogP contribution < -0.4 is 40.9 Å². The molecule has 0 saturated carbocycles. The van der Waals surface area contributed by atoms with Gasteiger partial charge in [-0.1, -0.05) is 0 Å². The predicted octanol–water partition coefficient (Wildman–Crippen LogP) is -8.57. The molecule has 8 aromatic heterocycles. The molecule has 0 radical (unpaired) electrons. The van der Waals surface area contributed by atoms with Gasteiger partial charge in [-0.2, -0.15) is 0 Å². The van der Waals surface area contributed by atoms with Gasteiger partial charge in [0.2, 0.25) is 0 Å². The van der Waals surface area contributed by atoms with E-state index in [0.717, 1.165) is 0 Å². The molecule has 0 bridgehead atoms. The van der Waals surface area contributed by atoms with Gasteiger partial charge in [0.1, 0.15) is 93.8 Å². The molecule has 0 fully saturated rings. The van der Waals surface area contributed by atoms with E-state index in [4.69, 9.17) is 0 Å². The van der Waals surface area contributed by atoms with Gasteiger partial charge in [0.25, 0.3) is 0 Å². The number of aromatic carboxylic acids is 8. The third kappa shape index (κ3) is 40.1. The van der Waals surface area contributed by atoms with Crippen LogP contribution in [-0.2, 0) is 21.9 Å². The van der Waals surface area contributed by atoms with E-state index < -0.39 is 47.8 Å². The van der Waals surface area contributed by atoms with E-state index in [1.807, 2.05) is 0 Å². The normalized spacial score (nSPS) is 7.89. The number of rotatable bonds is 8. The van der Waals surface area contributed by atoms with E-state index in [1.54, 1.807) is 0 Å². The Morgan fingerprint density at radius 1 is 0.247 bits per heavy atom. The monoisotopic (exact) mass is 1460 g/mol. The zero-order chi connectivity index (χ0) is 47.9. The van der Waals surface area contributed by atoms with E-state index >= 15 is 0 Å². The van der Waals surface area contributed by atoms with E-state index in [9.17, 15) is 79.2 Å². The third-order valence-electron chi connectivity index (χ3n) is 5.78. The number of furan rings is 8. The van der Waals surface area contributed by atoms with Crippen molar-refractivity contribution < 1.29 is 225 Å². The number of hydrogen-bond acceptors (Lipinski definition) is 24. The van der Waals surface area contributed by atoms with Crippen molar-refractivity contribution in [1.29, 1.82) is 0 Å². The van der Waals surface area contributed by atoms with Crippen molar-refractivity contribution in [3.8, 4) is 0 Å². The molecule has 8 rings (SSSR count). The average molecular weight is 1460 g/mol. The quantitative estimate of drug-likeness (QED) is 0.101. The smallest absolute Gasteiger partial charge is 0.542 e. The van der Waals surface area contributed by atoms with Crippen LogP contribution in [0.25, 0.3) is 0 Å². The molecule has 8 heterocycles. The molecule has 0 amide bonds. The maximum Gasteiger partial charge on any atom is 3.00 e. The minimum absolute atomic E-state index is 0. The second kappa shape index (κ2) is 50.8. The fourth-order valence-electron chi connectivity index (χ4n) is 3.16. The van der Waals surface area contributed by atoms with Gasteiger partial charge in [0, 0.05) is 0 Å². The maximum atomic E-state index is 9.86. The molecule has 0 aliphatic heterocycles. The standard InChI is InChI=1S/8C5H4O3.Ba.6H2O.2Tb/c8*6-5(7)4-2-1-3-8-4;;;;;;;;;/h8*1-3H,(H,6,7);;6*1H2;;/q;;;;;;;;+2;;;;;;;2*+3/p-4. The summed E-state index contributed by atoms with van der Waals surface area (Å²) in [6.45, 7) is 0. The Morgan fingerprint density at radius 2 is 0.329 bits per heavy atom. The van der Waals surface area contributed by atoms with Crippen molar-refractivity contribution >= 4 is 96.6 Å². The predicted molar refractivity (Wildman–Crippen MR) is 217 cm³/mol. The summed E-state index contributed by atoms with van der Waals surface area (Å²) in [7, 11) is 0. The van der Waals surface area contributed by atoms with Gasteiger partial charge in [0.05, 0.1) is 50.1 Å². The molecule has 33 heteroatoms. The molecule has 8 aromatic rings. The second-order valence-corrected chi connectivity index (χ2v) is 10.1. The minimum Gasteiger partial charge on any atom is -0.542 e. The first-order valence-corrected chi connectivity index (χ1v) is 16.4. The average Bonchev–Trinajstić information content (AvgIpc) is 4.12. The SMILES string of the molecule is O.O.O=C([O-])c1ccco1.O=C([O-])c1ccco1.O=C([O-])c1ccco1.O=C([O-])c1ccco1.O=C([O-])c1ccco1.O=C([O-])c1ccco1.O=C([O-])c1ccco1.O=C([O-])c1ccco1.[Ba+2].[OH3+].[OH3+].[OH3+].[OH3+].[Tb+3].[Tb+3]. The van der Waals surface area contributed by atoms with Gasteiger partial charge in [-0.05, 0) is 97.1 Å². The first-order chi connectivity index (χ1) is 30.4. The fraction of sp³-hybridized carbons (Fsp3) is 0. The second-order valence-electron chi connectivity index (χ2n) is 10.1. The Balaban J connectivity index is -0.0000000900. The maximum absolute atomic E-state index is 9.86. The number of carbonyl (C=O) groups is 8. The van der Waals surface area contributed by atoms with Crippen LogP contribution in [0.1, 0.15) is 84.4 Å². The number of carboxylic acids is 8. The van der Waals surface area contributed by atoms with Gasteiger partial charge >= 0.3 is 126 Å². The Bertz CT molecular complexity index is 1960. The molecule has 396 valence electrons. The molecule has 73 heavy (non-hydrogen) atoms. The van der Waals surface area contributed by atoms with E-state index in [-0.39, 0.29) is 205 Å². The molecular formula is C40H40BaO30Tb2+4. The zero-order valence-electron chi connectivity index (χ0n) is 36.3. The molecule has 0 saturated heterocycles. The molecule has 0 aliphatic carbocycles. The molecule has 16 N–H and O–H groups in total. The van der Waals surface area contributed by atoms with Crippen molar-refractivity contribution in [2.45, 2.75) is 0 Å². The summed E-state index contributed by atoms with van der Waals surface area (Å²) in [4.78, 5) is 78.9. The van der Waals surface area contributed by atoms with Crippen LogP contribution in [0.5, 0.6) is 0 Å². The first-order valence-electron chi connectivity index (χ1n) is 16.4. The molecule has 0 spiro atoms. The Morgan fingerprint density at radius 3 is 0.356 bits per heavy atom. The van der Waals surface area contributed by atoms with Crippen molar-refractivity contribution in [2.24, 2.45) is 0 Å². The van der Waals surface area contributed by atoms with E-state index in [0.29, 0.717) is 0 Å². The van der Waals surface area contributed by atoms with Gasteiger partial charge in [-0.15, -0.1) is 0 Å². The van der Waals surface area contributed by atoms with Crippen molar-refractivity contribution in [3.05, 3.63) is 193 Å². The van der Waals surface area contributed by atoms with Crippen LogP contribution in [0.2, 0.25) is 0 Å². The summed E-state index contributed by atoms with van der Waals surface area (Å²) < 4.78 is 35.5. The Kier molecular flexibility index (Phi) is 60.3. The fourth-order valence-corrected chi connectivity index (χ4v) is 3.16. The number of hydrogen-bond donors (Lipinski definition) is 0. The summed E-state index contributed by atoms with van der Waals surface area (Å²) in [5, 5.41) is 78.9.